The van der Waals surface area contributed by atoms with Gasteiger partial charge in [-0.25, -0.2) is 4.79 Å². The van der Waals surface area contributed by atoms with Gasteiger partial charge in [0.2, 0.25) is 0 Å². The van der Waals surface area contributed by atoms with E-state index in [2.05, 4.69) is 4.74 Å². The van der Waals surface area contributed by atoms with Crippen molar-refractivity contribution in [3.8, 4) is 5.75 Å². The first-order chi connectivity index (χ1) is 7.22. The predicted molar refractivity (Wildman–Crippen MR) is 52.9 cm³/mol. The van der Waals surface area contributed by atoms with E-state index >= 15 is 0 Å². The maximum absolute atomic E-state index is 11.2. The van der Waals surface area contributed by atoms with Gasteiger partial charge in [0.15, 0.2) is 0 Å². The van der Waals surface area contributed by atoms with Crippen molar-refractivity contribution in [1.82, 2.24) is 0 Å². The van der Waals surface area contributed by atoms with Crippen LogP contribution >= 0.6 is 0 Å². The van der Waals surface area contributed by atoms with Crippen LogP contribution in [0.1, 0.15) is 28.4 Å². The minimum atomic E-state index is -0.500. The Morgan fingerprint density at radius 1 is 1.60 bits per heavy atom. The summed E-state index contributed by atoms with van der Waals surface area (Å²) in [4.78, 5) is 11.2. The predicted octanol–water partition coefficient (Wildman–Crippen LogP) is 1.29. The molecule has 0 unspecified atom stereocenters. The highest BCUT2D eigenvalue weighted by Crippen LogP contribution is 2.32. The van der Waals surface area contributed by atoms with Crippen LogP contribution in [0.5, 0.6) is 5.75 Å². The fraction of sp³-hybridized carbons (Fsp3) is 0.364. The first-order valence-electron chi connectivity index (χ1n) is 4.75. The van der Waals surface area contributed by atoms with Crippen molar-refractivity contribution in [2.75, 3.05) is 13.7 Å². The van der Waals surface area contributed by atoms with Gasteiger partial charge in [-0.1, -0.05) is 6.07 Å². The van der Waals surface area contributed by atoms with E-state index in [4.69, 9.17) is 4.74 Å². The van der Waals surface area contributed by atoms with Crippen molar-refractivity contribution >= 4 is 5.97 Å². The van der Waals surface area contributed by atoms with Gasteiger partial charge in [0.25, 0.3) is 0 Å². The maximum Gasteiger partial charge on any atom is 0.337 e. The molecule has 80 valence electrons. The number of carbonyl (C=O) groups excluding carboxylic acids is 1. The first-order valence-corrected chi connectivity index (χ1v) is 4.75. The van der Waals surface area contributed by atoms with Gasteiger partial charge in [-0.3, -0.25) is 0 Å². The largest absolute Gasteiger partial charge is 0.493 e. The van der Waals surface area contributed by atoms with Crippen LogP contribution in [-0.2, 0) is 4.74 Å². The summed E-state index contributed by atoms with van der Waals surface area (Å²) < 4.78 is 9.96. The van der Waals surface area contributed by atoms with Crippen molar-refractivity contribution in [3.63, 3.8) is 0 Å². The molecule has 15 heavy (non-hydrogen) atoms. The number of esters is 1. The molecule has 1 atom stereocenters. The quantitative estimate of drug-likeness (QED) is 0.706. The van der Waals surface area contributed by atoms with E-state index in [0.29, 0.717) is 24.3 Å². The van der Waals surface area contributed by atoms with Gasteiger partial charge in [-0.05, 0) is 12.1 Å². The lowest BCUT2D eigenvalue weighted by molar-refractivity contribution is 0.0598. The number of ether oxygens (including phenoxy) is 2. The molecule has 4 heteroatoms. The molecule has 0 aromatic heterocycles. The Kier molecular flexibility index (Phi) is 2.60. The Bertz CT molecular complexity index is 386. The molecule has 1 aliphatic rings. The zero-order chi connectivity index (χ0) is 10.8. The van der Waals surface area contributed by atoms with Gasteiger partial charge in [0.1, 0.15) is 5.75 Å². The van der Waals surface area contributed by atoms with Crippen LogP contribution in [0.15, 0.2) is 18.2 Å². The average molecular weight is 208 g/mol. The smallest absolute Gasteiger partial charge is 0.337 e. The normalized spacial score (nSPS) is 18.9. The highest BCUT2D eigenvalue weighted by molar-refractivity contribution is 5.89. The van der Waals surface area contributed by atoms with E-state index < -0.39 is 12.1 Å². The molecule has 0 radical (unpaired) electrons. The zero-order valence-corrected chi connectivity index (χ0v) is 8.40. The monoisotopic (exact) mass is 208 g/mol. The Labute approximate surface area is 87.4 Å². The minimum absolute atomic E-state index is 0.401. The fourth-order valence-corrected chi connectivity index (χ4v) is 1.62. The Morgan fingerprint density at radius 3 is 3.13 bits per heavy atom. The second-order valence-corrected chi connectivity index (χ2v) is 3.40. The average Bonchev–Trinajstić information content (AvgIpc) is 2.28. The van der Waals surface area contributed by atoms with E-state index in [-0.39, 0.29) is 0 Å². The summed E-state index contributed by atoms with van der Waals surface area (Å²) in [5.74, 6) is 0.165. The summed E-state index contributed by atoms with van der Waals surface area (Å²) in [6.45, 7) is 0.471. The molecule has 0 bridgehead atoms. The molecule has 0 amide bonds. The zero-order valence-electron chi connectivity index (χ0n) is 8.40. The first kappa shape index (κ1) is 9.98. The Morgan fingerprint density at radius 2 is 2.40 bits per heavy atom. The lowest BCUT2D eigenvalue weighted by Gasteiger charge is -2.22. The molecule has 1 heterocycles. The summed E-state index contributed by atoms with van der Waals surface area (Å²) in [7, 11) is 1.33. The molecular weight excluding hydrogens is 196 g/mol. The molecule has 0 fully saturated rings. The number of fused-ring (bicyclic) bond motifs is 1. The maximum atomic E-state index is 11.2. The third kappa shape index (κ3) is 1.80. The molecule has 2 rings (SSSR count). The molecule has 4 nitrogen and oxygen atoms in total. The topological polar surface area (TPSA) is 55.8 Å². The number of carbonyl (C=O) groups is 1. The van der Waals surface area contributed by atoms with Crippen LogP contribution in [0, 0.1) is 0 Å². The van der Waals surface area contributed by atoms with Gasteiger partial charge in [0, 0.05) is 12.0 Å². The van der Waals surface area contributed by atoms with Gasteiger partial charge in [-0.15, -0.1) is 0 Å². The second-order valence-electron chi connectivity index (χ2n) is 3.40. The SMILES string of the molecule is COC(=O)c1ccc2c(c1)OCC[C@@H]2O. The second kappa shape index (κ2) is 3.90. The van der Waals surface area contributed by atoms with E-state index in [0.717, 1.165) is 5.56 Å². The van der Waals surface area contributed by atoms with Crippen LogP contribution in [0.2, 0.25) is 0 Å². The van der Waals surface area contributed by atoms with Crippen LogP contribution < -0.4 is 4.74 Å². The van der Waals surface area contributed by atoms with E-state index in [1.807, 2.05) is 0 Å². The molecule has 1 aliphatic heterocycles. The lowest BCUT2D eigenvalue weighted by atomic mass is 10.0. The number of rotatable bonds is 1. The van der Waals surface area contributed by atoms with E-state index in [1.165, 1.54) is 7.11 Å². The van der Waals surface area contributed by atoms with Crippen molar-refractivity contribution in [2.45, 2.75) is 12.5 Å². The van der Waals surface area contributed by atoms with Crippen molar-refractivity contribution in [3.05, 3.63) is 29.3 Å². The number of methoxy groups -OCH3 is 1. The molecule has 1 N–H and O–H groups in total. The highest BCUT2D eigenvalue weighted by atomic mass is 16.5. The van der Waals surface area contributed by atoms with Gasteiger partial charge >= 0.3 is 5.97 Å². The molecule has 0 aliphatic carbocycles. The van der Waals surface area contributed by atoms with Gasteiger partial charge < -0.3 is 14.6 Å². The lowest BCUT2D eigenvalue weighted by Crippen LogP contribution is -2.14. The number of hydrogen-bond donors (Lipinski definition) is 1. The third-order valence-electron chi connectivity index (χ3n) is 2.44. The van der Waals surface area contributed by atoms with Crippen molar-refractivity contribution in [1.29, 1.82) is 0 Å². The van der Waals surface area contributed by atoms with E-state index in [9.17, 15) is 9.90 Å². The molecule has 0 spiro atoms. The van der Waals surface area contributed by atoms with Crippen LogP contribution in [0.3, 0.4) is 0 Å². The van der Waals surface area contributed by atoms with Crippen molar-refractivity contribution in [2.24, 2.45) is 0 Å². The molecule has 1 aromatic carbocycles. The van der Waals surface area contributed by atoms with Gasteiger partial charge in [-0.2, -0.15) is 0 Å². The summed E-state index contributed by atoms with van der Waals surface area (Å²) in [5, 5.41) is 9.65. The third-order valence-corrected chi connectivity index (χ3v) is 2.44. The molecule has 0 saturated carbocycles. The van der Waals surface area contributed by atoms with Crippen molar-refractivity contribution < 1.29 is 19.4 Å². The van der Waals surface area contributed by atoms with Crippen LogP contribution in [0.4, 0.5) is 0 Å². The number of aliphatic hydroxyl groups excluding tert-OH is 1. The summed E-state index contributed by atoms with van der Waals surface area (Å²) in [6.07, 6.45) is 0.0883. The number of benzene rings is 1. The molecule has 1 aromatic rings. The van der Waals surface area contributed by atoms with Crippen LogP contribution in [-0.4, -0.2) is 24.8 Å². The summed E-state index contributed by atoms with van der Waals surface area (Å²) >= 11 is 0. The van der Waals surface area contributed by atoms with Gasteiger partial charge in [0.05, 0.1) is 25.4 Å². The molecule has 0 saturated heterocycles. The molecular formula is C11H12O4. The standard InChI is InChI=1S/C11H12O4/c1-14-11(13)7-2-3-8-9(12)4-5-15-10(8)6-7/h2-3,6,9,12H,4-5H2,1H3/t9-/m0/s1. The Balaban J connectivity index is 2.37. The van der Waals surface area contributed by atoms with Crippen LogP contribution in [0.25, 0.3) is 0 Å². The minimum Gasteiger partial charge on any atom is -0.493 e. The number of hydrogen-bond acceptors (Lipinski definition) is 4. The summed E-state index contributed by atoms with van der Waals surface area (Å²) in [6, 6.07) is 4.93. The highest BCUT2D eigenvalue weighted by Gasteiger charge is 2.20. The number of aliphatic hydroxyl groups is 1. The van der Waals surface area contributed by atoms with E-state index in [1.54, 1.807) is 18.2 Å². The Hall–Kier alpha value is -1.55. The fourth-order valence-electron chi connectivity index (χ4n) is 1.62. The summed E-state index contributed by atoms with van der Waals surface area (Å²) in [5.41, 5.74) is 1.17.